The Balaban J connectivity index is 1.70. The highest BCUT2D eigenvalue weighted by molar-refractivity contribution is 6.31. The van der Waals surface area contributed by atoms with Gasteiger partial charge in [0, 0.05) is 18.0 Å². The highest BCUT2D eigenvalue weighted by atomic mass is 35.5. The number of para-hydroxylation sites is 2. The van der Waals surface area contributed by atoms with Gasteiger partial charge in [-0.2, -0.15) is 0 Å². The third kappa shape index (κ3) is 4.37. The van der Waals surface area contributed by atoms with Crippen LogP contribution in [0.3, 0.4) is 0 Å². The molecule has 0 saturated heterocycles. The van der Waals surface area contributed by atoms with Crippen molar-refractivity contribution < 1.29 is 9.59 Å². The average Bonchev–Trinajstić information content (AvgIpc) is 3.01. The first kappa shape index (κ1) is 19.1. The molecule has 3 aromatic rings. The van der Waals surface area contributed by atoms with Crippen LogP contribution in [0.2, 0.25) is 5.02 Å². The number of rotatable bonds is 7. The van der Waals surface area contributed by atoms with Gasteiger partial charge in [-0.15, -0.1) is 0 Å². The molecule has 0 spiro atoms. The summed E-state index contributed by atoms with van der Waals surface area (Å²) in [4.78, 5) is 28.8. The second kappa shape index (κ2) is 8.35. The lowest BCUT2D eigenvalue weighted by Crippen LogP contribution is -2.28. The average molecular weight is 384 g/mol. The zero-order chi connectivity index (χ0) is 19.4. The molecule has 1 atom stereocenters. The van der Waals surface area contributed by atoms with Crippen molar-refractivity contribution in [3.63, 3.8) is 0 Å². The van der Waals surface area contributed by atoms with Crippen LogP contribution >= 0.6 is 11.6 Å². The number of nitrogens with one attached hydrogen (secondary N) is 1. The van der Waals surface area contributed by atoms with Crippen LogP contribution in [-0.2, 0) is 22.4 Å². The van der Waals surface area contributed by atoms with E-state index >= 15 is 0 Å². The maximum absolute atomic E-state index is 12.2. The minimum atomic E-state index is -0.300. The first-order valence-electron chi connectivity index (χ1n) is 8.93. The van der Waals surface area contributed by atoms with E-state index in [0.717, 1.165) is 22.4 Å². The Hall–Kier alpha value is -2.66. The summed E-state index contributed by atoms with van der Waals surface area (Å²) in [5.41, 5.74) is 2.58. The fraction of sp³-hybridized carbons (Fsp3) is 0.286. The SMILES string of the molecule is CC(=O)C(C)n1c(CCNC(=O)Cc2ccccc2Cl)nc2ccccc21. The van der Waals surface area contributed by atoms with E-state index in [2.05, 4.69) is 10.3 Å². The number of amides is 1. The molecule has 0 fully saturated rings. The van der Waals surface area contributed by atoms with Crippen molar-refractivity contribution >= 4 is 34.3 Å². The van der Waals surface area contributed by atoms with Gasteiger partial charge in [-0.3, -0.25) is 9.59 Å². The fourth-order valence-electron chi connectivity index (χ4n) is 3.08. The fourth-order valence-corrected chi connectivity index (χ4v) is 3.28. The molecule has 1 heterocycles. The zero-order valence-corrected chi connectivity index (χ0v) is 16.2. The Morgan fingerprint density at radius 3 is 2.59 bits per heavy atom. The van der Waals surface area contributed by atoms with Gasteiger partial charge in [0.25, 0.3) is 0 Å². The number of imidazole rings is 1. The largest absolute Gasteiger partial charge is 0.355 e. The molecule has 3 rings (SSSR count). The Bertz CT molecular complexity index is 980. The minimum Gasteiger partial charge on any atom is -0.355 e. The maximum Gasteiger partial charge on any atom is 0.224 e. The number of Topliss-reactive ketones (excluding diaryl/α,β-unsaturated/α-hetero) is 1. The predicted octanol–water partition coefficient (Wildman–Crippen LogP) is 3.74. The van der Waals surface area contributed by atoms with Gasteiger partial charge in [0.1, 0.15) is 5.82 Å². The number of carbonyl (C=O) groups is 2. The molecule has 27 heavy (non-hydrogen) atoms. The van der Waals surface area contributed by atoms with Crippen molar-refractivity contribution in [2.75, 3.05) is 6.54 Å². The highest BCUT2D eigenvalue weighted by Gasteiger charge is 2.18. The molecule has 1 N–H and O–H groups in total. The van der Waals surface area contributed by atoms with Gasteiger partial charge in [-0.25, -0.2) is 4.98 Å². The van der Waals surface area contributed by atoms with Gasteiger partial charge < -0.3 is 9.88 Å². The van der Waals surface area contributed by atoms with Crippen LogP contribution in [0.5, 0.6) is 0 Å². The van der Waals surface area contributed by atoms with Crippen LogP contribution in [0.25, 0.3) is 11.0 Å². The first-order chi connectivity index (χ1) is 13.0. The van der Waals surface area contributed by atoms with Gasteiger partial charge in [0.15, 0.2) is 5.78 Å². The molecule has 140 valence electrons. The van der Waals surface area contributed by atoms with Gasteiger partial charge >= 0.3 is 0 Å². The van der Waals surface area contributed by atoms with E-state index in [1.165, 1.54) is 0 Å². The van der Waals surface area contributed by atoms with E-state index in [9.17, 15) is 9.59 Å². The minimum absolute atomic E-state index is 0.0714. The molecule has 0 radical (unpaired) electrons. The molecule has 1 amide bonds. The molecule has 1 unspecified atom stereocenters. The number of halogens is 1. The quantitative estimate of drug-likeness (QED) is 0.676. The first-order valence-corrected chi connectivity index (χ1v) is 9.31. The highest BCUT2D eigenvalue weighted by Crippen LogP contribution is 2.22. The van der Waals surface area contributed by atoms with Crippen LogP contribution in [-0.4, -0.2) is 27.8 Å². The van der Waals surface area contributed by atoms with Crippen LogP contribution in [0.4, 0.5) is 0 Å². The van der Waals surface area contributed by atoms with Crippen molar-refractivity contribution in [1.29, 1.82) is 0 Å². The van der Waals surface area contributed by atoms with Crippen molar-refractivity contribution in [1.82, 2.24) is 14.9 Å². The second-order valence-corrected chi connectivity index (χ2v) is 6.95. The van der Waals surface area contributed by atoms with Crippen molar-refractivity contribution in [2.45, 2.75) is 32.7 Å². The molecular weight excluding hydrogens is 362 g/mol. The summed E-state index contributed by atoms with van der Waals surface area (Å²) in [7, 11) is 0. The van der Waals surface area contributed by atoms with Crippen molar-refractivity contribution in [3.8, 4) is 0 Å². The van der Waals surface area contributed by atoms with Gasteiger partial charge in [0.2, 0.25) is 5.91 Å². The monoisotopic (exact) mass is 383 g/mol. The Labute approximate surface area is 163 Å². The molecule has 0 bridgehead atoms. The van der Waals surface area contributed by atoms with E-state index in [1.54, 1.807) is 13.0 Å². The number of carbonyl (C=O) groups excluding carboxylic acids is 2. The van der Waals surface area contributed by atoms with Crippen LogP contribution in [0, 0.1) is 0 Å². The third-order valence-electron chi connectivity index (χ3n) is 4.62. The Kier molecular flexibility index (Phi) is 5.91. The normalized spacial score (nSPS) is 12.1. The van der Waals surface area contributed by atoms with Gasteiger partial charge in [0.05, 0.1) is 23.5 Å². The number of ketones is 1. The molecule has 1 aromatic heterocycles. The topological polar surface area (TPSA) is 64.0 Å². The summed E-state index contributed by atoms with van der Waals surface area (Å²) in [6, 6.07) is 14.8. The lowest BCUT2D eigenvalue weighted by molar-refractivity contribution is -0.121. The summed E-state index contributed by atoms with van der Waals surface area (Å²) in [6.45, 7) is 3.89. The van der Waals surface area contributed by atoms with Crippen molar-refractivity contribution in [3.05, 3.63) is 64.9 Å². The lowest BCUT2D eigenvalue weighted by atomic mass is 10.1. The lowest BCUT2D eigenvalue weighted by Gasteiger charge is -2.15. The summed E-state index contributed by atoms with van der Waals surface area (Å²) >= 11 is 6.10. The number of nitrogens with zero attached hydrogens (tertiary/aromatic N) is 2. The molecule has 0 saturated carbocycles. The summed E-state index contributed by atoms with van der Waals surface area (Å²) in [5, 5.41) is 3.50. The smallest absolute Gasteiger partial charge is 0.224 e. The molecule has 5 nitrogen and oxygen atoms in total. The summed E-state index contributed by atoms with van der Waals surface area (Å²) < 4.78 is 1.96. The van der Waals surface area contributed by atoms with Gasteiger partial charge in [-0.05, 0) is 37.6 Å². The number of fused-ring (bicyclic) bond motifs is 1. The maximum atomic E-state index is 12.2. The van der Waals surface area contributed by atoms with Crippen LogP contribution in [0.1, 0.15) is 31.3 Å². The zero-order valence-electron chi connectivity index (χ0n) is 15.4. The molecule has 0 aliphatic rings. The second-order valence-electron chi connectivity index (χ2n) is 6.54. The van der Waals surface area contributed by atoms with E-state index in [1.807, 2.05) is 54.0 Å². The van der Waals surface area contributed by atoms with E-state index in [0.29, 0.717) is 18.0 Å². The number of hydrogen-bond acceptors (Lipinski definition) is 3. The van der Waals surface area contributed by atoms with E-state index < -0.39 is 0 Å². The molecule has 6 heteroatoms. The van der Waals surface area contributed by atoms with Crippen LogP contribution in [0.15, 0.2) is 48.5 Å². The standard InChI is InChI=1S/C21H22ClN3O2/c1-14(15(2)26)25-19-10-6-5-9-18(19)24-20(25)11-12-23-21(27)13-16-7-3-4-8-17(16)22/h3-10,14H,11-13H2,1-2H3,(H,23,27). The van der Waals surface area contributed by atoms with Gasteiger partial charge in [-0.1, -0.05) is 41.9 Å². The number of aromatic nitrogens is 2. The number of hydrogen-bond donors (Lipinski definition) is 1. The van der Waals surface area contributed by atoms with E-state index in [-0.39, 0.29) is 24.2 Å². The molecule has 2 aromatic carbocycles. The summed E-state index contributed by atoms with van der Waals surface area (Å²) in [6.07, 6.45) is 0.778. The number of benzene rings is 2. The third-order valence-corrected chi connectivity index (χ3v) is 4.99. The van der Waals surface area contributed by atoms with E-state index in [4.69, 9.17) is 11.6 Å². The Morgan fingerprint density at radius 1 is 1.15 bits per heavy atom. The molecule has 0 aliphatic heterocycles. The van der Waals surface area contributed by atoms with Crippen molar-refractivity contribution in [2.24, 2.45) is 0 Å². The molecule has 0 aliphatic carbocycles. The predicted molar refractivity (Wildman–Crippen MR) is 107 cm³/mol. The van der Waals surface area contributed by atoms with Crippen LogP contribution < -0.4 is 5.32 Å². The Morgan fingerprint density at radius 2 is 1.85 bits per heavy atom. The summed E-state index contributed by atoms with van der Waals surface area (Å²) in [5.74, 6) is 0.768. The molecular formula is C21H22ClN3O2.